The van der Waals surface area contributed by atoms with Crippen molar-refractivity contribution in [2.45, 2.75) is 32.1 Å². The molecule has 0 aromatic carbocycles. The van der Waals surface area contributed by atoms with E-state index in [1.54, 1.807) is 13.3 Å². The van der Waals surface area contributed by atoms with Crippen LogP contribution in [-0.4, -0.2) is 66.5 Å². The number of pyridine rings is 1. The van der Waals surface area contributed by atoms with E-state index in [0.29, 0.717) is 31.1 Å². The number of ether oxygens (including phenoxy) is 1. The lowest BCUT2D eigenvalue weighted by atomic mass is 10.0. The minimum absolute atomic E-state index is 0.0838. The number of aromatic nitrogens is 1. The van der Waals surface area contributed by atoms with Crippen LogP contribution in [0.25, 0.3) is 0 Å². The molecule has 1 aromatic heterocycles. The maximum atomic E-state index is 12.5. The van der Waals surface area contributed by atoms with Gasteiger partial charge < -0.3 is 14.5 Å². The highest BCUT2D eigenvalue weighted by Gasteiger charge is 2.29. The average Bonchev–Trinajstić information content (AvgIpc) is 3.00. The molecule has 136 valence electrons. The number of methoxy groups -OCH3 is 1. The Balaban J connectivity index is 1.54. The van der Waals surface area contributed by atoms with Crippen LogP contribution in [0.1, 0.15) is 41.7 Å². The van der Waals surface area contributed by atoms with Crippen LogP contribution in [0.3, 0.4) is 0 Å². The number of amides is 2. The van der Waals surface area contributed by atoms with Gasteiger partial charge in [-0.25, -0.2) is 0 Å². The van der Waals surface area contributed by atoms with E-state index in [1.807, 2.05) is 21.9 Å². The molecule has 6 heteroatoms. The second-order valence-electron chi connectivity index (χ2n) is 7.00. The van der Waals surface area contributed by atoms with Gasteiger partial charge in [-0.3, -0.25) is 14.6 Å². The molecular formula is C19H27N3O3. The van der Waals surface area contributed by atoms with Crippen molar-refractivity contribution in [2.75, 3.05) is 39.9 Å². The van der Waals surface area contributed by atoms with Crippen molar-refractivity contribution in [1.29, 1.82) is 0 Å². The van der Waals surface area contributed by atoms with E-state index in [-0.39, 0.29) is 11.8 Å². The van der Waals surface area contributed by atoms with Crippen molar-refractivity contribution < 1.29 is 14.3 Å². The molecule has 0 aliphatic carbocycles. The van der Waals surface area contributed by atoms with E-state index in [0.717, 1.165) is 44.6 Å². The van der Waals surface area contributed by atoms with Crippen LogP contribution in [0.15, 0.2) is 18.3 Å². The fourth-order valence-electron chi connectivity index (χ4n) is 3.66. The molecule has 2 fully saturated rings. The van der Waals surface area contributed by atoms with Crippen LogP contribution in [0, 0.1) is 5.92 Å². The van der Waals surface area contributed by atoms with Gasteiger partial charge in [-0.2, -0.15) is 0 Å². The summed E-state index contributed by atoms with van der Waals surface area (Å²) < 4.78 is 5.05. The fourth-order valence-corrected chi connectivity index (χ4v) is 3.66. The molecule has 1 aromatic rings. The molecular weight excluding hydrogens is 318 g/mol. The van der Waals surface area contributed by atoms with Crippen molar-refractivity contribution in [3.05, 3.63) is 29.6 Å². The summed E-state index contributed by atoms with van der Waals surface area (Å²) in [6.45, 7) is 3.69. The first-order valence-corrected chi connectivity index (χ1v) is 9.18. The summed E-state index contributed by atoms with van der Waals surface area (Å²) in [6, 6.07) is 3.80. The minimum atomic E-state index is 0.0838. The van der Waals surface area contributed by atoms with Crippen LogP contribution < -0.4 is 0 Å². The van der Waals surface area contributed by atoms with Crippen LogP contribution in [-0.2, 0) is 16.0 Å². The Morgan fingerprint density at radius 1 is 1.28 bits per heavy atom. The van der Waals surface area contributed by atoms with Gasteiger partial charge in [0.25, 0.3) is 5.91 Å². The predicted molar refractivity (Wildman–Crippen MR) is 94.3 cm³/mol. The second-order valence-corrected chi connectivity index (χ2v) is 7.00. The molecule has 2 aliphatic heterocycles. The quantitative estimate of drug-likeness (QED) is 0.788. The number of hydrogen-bond acceptors (Lipinski definition) is 4. The lowest BCUT2D eigenvalue weighted by Crippen LogP contribution is -2.35. The molecule has 0 N–H and O–H groups in total. The van der Waals surface area contributed by atoms with Crippen molar-refractivity contribution in [3.8, 4) is 0 Å². The first-order chi connectivity index (χ1) is 12.2. The first-order valence-electron chi connectivity index (χ1n) is 9.18. The molecule has 0 unspecified atom stereocenters. The summed E-state index contributed by atoms with van der Waals surface area (Å²) in [5.41, 5.74) is 1.61. The molecule has 1 atom stereocenters. The van der Waals surface area contributed by atoms with Gasteiger partial charge in [0.05, 0.1) is 12.2 Å². The predicted octanol–water partition coefficient (Wildman–Crippen LogP) is 1.75. The van der Waals surface area contributed by atoms with Gasteiger partial charge in [-0.1, -0.05) is 0 Å². The largest absolute Gasteiger partial charge is 0.383 e. The Hall–Kier alpha value is -1.95. The van der Waals surface area contributed by atoms with Crippen molar-refractivity contribution in [1.82, 2.24) is 14.8 Å². The molecule has 25 heavy (non-hydrogen) atoms. The molecule has 0 spiro atoms. The molecule has 2 amide bonds. The fraction of sp³-hybridized carbons (Fsp3) is 0.632. The zero-order valence-corrected chi connectivity index (χ0v) is 14.9. The first kappa shape index (κ1) is 17.9. The van der Waals surface area contributed by atoms with Gasteiger partial charge in [0, 0.05) is 51.6 Å². The van der Waals surface area contributed by atoms with E-state index >= 15 is 0 Å². The third kappa shape index (κ3) is 4.57. The SMILES string of the molecule is COCCN1C[C@H](Cc2ccc(C(=O)N3CCCCC3)cn2)CC1=O. The Morgan fingerprint density at radius 2 is 2.08 bits per heavy atom. The second kappa shape index (κ2) is 8.43. The summed E-state index contributed by atoms with van der Waals surface area (Å²) in [7, 11) is 1.65. The maximum Gasteiger partial charge on any atom is 0.255 e. The Bertz CT molecular complexity index is 596. The molecule has 0 radical (unpaired) electrons. The van der Waals surface area contributed by atoms with Gasteiger partial charge in [0.1, 0.15) is 0 Å². The standard InChI is InChI=1S/C19H27N3O3/c1-25-10-9-22-14-15(12-18(22)23)11-17-6-5-16(13-20-17)19(24)21-7-3-2-4-8-21/h5-6,13,15H,2-4,7-12,14H2,1H3/t15-/m1/s1. The number of carbonyl (C=O) groups excluding carboxylic acids is 2. The third-order valence-corrected chi connectivity index (χ3v) is 5.07. The monoisotopic (exact) mass is 345 g/mol. The maximum absolute atomic E-state index is 12.5. The minimum Gasteiger partial charge on any atom is -0.383 e. The van der Waals surface area contributed by atoms with Crippen LogP contribution in [0.2, 0.25) is 0 Å². The Labute approximate surface area is 149 Å². The highest BCUT2D eigenvalue weighted by Crippen LogP contribution is 2.21. The number of hydrogen-bond donors (Lipinski definition) is 0. The molecule has 3 rings (SSSR count). The van der Waals surface area contributed by atoms with E-state index in [4.69, 9.17) is 4.74 Å². The van der Waals surface area contributed by atoms with Gasteiger partial charge in [-0.15, -0.1) is 0 Å². The van der Waals surface area contributed by atoms with E-state index in [1.165, 1.54) is 6.42 Å². The summed E-state index contributed by atoms with van der Waals surface area (Å²) >= 11 is 0. The van der Waals surface area contributed by atoms with Crippen molar-refractivity contribution in [2.24, 2.45) is 5.92 Å². The topological polar surface area (TPSA) is 62.7 Å². The van der Waals surface area contributed by atoms with Crippen LogP contribution in [0.4, 0.5) is 0 Å². The lowest BCUT2D eigenvalue weighted by molar-refractivity contribution is -0.128. The van der Waals surface area contributed by atoms with Crippen LogP contribution >= 0.6 is 0 Å². The molecule has 2 aliphatic rings. The smallest absolute Gasteiger partial charge is 0.255 e. The summed E-state index contributed by atoms with van der Waals surface area (Å²) in [5.74, 6) is 0.569. The molecule has 0 saturated carbocycles. The van der Waals surface area contributed by atoms with Gasteiger partial charge in [0.2, 0.25) is 5.91 Å². The van der Waals surface area contributed by atoms with Gasteiger partial charge in [0.15, 0.2) is 0 Å². The molecule has 2 saturated heterocycles. The summed E-state index contributed by atoms with van der Waals surface area (Å²) in [6.07, 6.45) is 6.42. The zero-order chi connectivity index (χ0) is 17.6. The van der Waals surface area contributed by atoms with E-state index < -0.39 is 0 Å². The highest BCUT2D eigenvalue weighted by molar-refractivity contribution is 5.94. The van der Waals surface area contributed by atoms with Crippen molar-refractivity contribution >= 4 is 11.8 Å². The zero-order valence-electron chi connectivity index (χ0n) is 14.9. The number of likely N-dealkylation sites (tertiary alicyclic amines) is 2. The average molecular weight is 345 g/mol. The lowest BCUT2D eigenvalue weighted by Gasteiger charge is -2.26. The van der Waals surface area contributed by atoms with E-state index in [9.17, 15) is 9.59 Å². The molecule has 3 heterocycles. The molecule has 0 bridgehead atoms. The third-order valence-electron chi connectivity index (χ3n) is 5.07. The summed E-state index contributed by atoms with van der Waals surface area (Å²) in [5, 5.41) is 0. The van der Waals surface area contributed by atoms with Gasteiger partial charge in [-0.05, 0) is 43.7 Å². The normalized spacial score (nSPS) is 21.0. The highest BCUT2D eigenvalue weighted by atomic mass is 16.5. The number of carbonyl (C=O) groups is 2. The number of nitrogens with zero attached hydrogens (tertiary/aromatic N) is 3. The Kier molecular flexibility index (Phi) is 6.02. The van der Waals surface area contributed by atoms with Crippen LogP contribution in [0.5, 0.6) is 0 Å². The number of rotatable bonds is 6. The van der Waals surface area contributed by atoms with E-state index in [2.05, 4.69) is 4.98 Å². The van der Waals surface area contributed by atoms with Crippen molar-refractivity contribution in [3.63, 3.8) is 0 Å². The summed E-state index contributed by atoms with van der Waals surface area (Å²) in [4.78, 5) is 32.7. The van der Waals surface area contributed by atoms with Gasteiger partial charge >= 0.3 is 0 Å². The number of piperidine rings is 1. The molecule has 6 nitrogen and oxygen atoms in total. The Morgan fingerprint density at radius 3 is 2.76 bits per heavy atom.